The molecule has 3 nitrogen and oxygen atoms in total. The second-order valence-electron chi connectivity index (χ2n) is 5.93. The van der Waals surface area contributed by atoms with Gasteiger partial charge in [0, 0.05) is 31.6 Å². The highest BCUT2D eigenvalue weighted by atomic mass is 16.2. The summed E-state index contributed by atoms with van der Waals surface area (Å²) >= 11 is 0. The third-order valence-corrected chi connectivity index (χ3v) is 4.31. The minimum absolute atomic E-state index is 0.354. The summed E-state index contributed by atoms with van der Waals surface area (Å²) in [6.45, 7) is 4.00. The summed E-state index contributed by atoms with van der Waals surface area (Å²) < 4.78 is 0. The predicted molar refractivity (Wildman–Crippen MR) is 74.5 cm³/mol. The molecule has 1 heterocycles. The first kappa shape index (κ1) is 13.9. The Labute approximate surface area is 111 Å². The molecule has 2 fully saturated rings. The molecule has 1 N–H and O–H groups in total. The number of rotatable bonds is 4. The number of carbonyl (C=O) groups excluding carboxylic acids is 1. The molecule has 1 aliphatic heterocycles. The monoisotopic (exact) mass is 252 g/mol. The average molecular weight is 252 g/mol. The Morgan fingerprint density at radius 3 is 2.56 bits per heavy atom. The molecule has 1 unspecified atom stereocenters. The molecule has 0 radical (unpaired) electrons. The molecule has 1 atom stereocenters. The van der Waals surface area contributed by atoms with Crippen molar-refractivity contribution >= 4 is 5.91 Å². The van der Waals surface area contributed by atoms with Gasteiger partial charge < -0.3 is 10.2 Å². The lowest BCUT2D eigenvalue weighted by atomic mass is 9.93. The summed E-state index contributed by atoms with van der Waals surface area (Å²) in [6, 6.07) is 1.26. The van der Waals surface area contributed by atoms with Crippen molar-refractivity contribution in [1.29, 1.82) is 0 Å². The SMILES string of the molecule is CCCC(=O)N1CCCC(NC2CCCCC2)C1. The summed E-state index contributed by atoms with van der Waals surface area (Å²) in [6.07, 6.45) is 10.9. The Balaban J connectivity index is 1.77. The third kappa shape index (κ3) is 3.98. The molecular weight excluding hydrogens is 224 g/mol. The van der Waals surface area contributed by atoms with Gasteiger partial charge in [-0.25, -0.2) is 0 Å². The fraction of sp³-hybridized carbons (Fsp3) is 0.933. The fourth-order valence-electron chi connectivity index (χ4n) is 3.31. The number of nitrogens with one attached hydrogen (secondary N) is 1. The lowest BCUT2D eigenvalue weighted by Gasteiger charge is -2.36. The molecule has 2 rings (SSSR count). The third-order valence-electron chi connectivity index (χ3n) is 4.31. The van der Waals surface area contributed by atoms with Crippen molar-refractivity contribution in [2.75, 3.05) is 13.1 Å². The van der Waals surface area contributed by atoms with Gasteiger partial charge in [0.05, 0.1) is 0 Å². The van der Waals surface area contributed by atoms with E-state index in [2.05, 4.69) is 17.1 Å². The lowest BCUT2D eigenvalue weighted by molar-refractivity contribution is -0.132. The first-order valence-corrected chi connectivity index (χ1v) is 7.83. The molecule has 0 bridgehead atoms. The maximum atomic E-state index is 11.9. The predicted octanol–water partition coefficient (Wildman–Crippen LogP) is 2.70. The number of carbonyl (C=O) groups is 1. The van der Waals surface area contributed by atoms with Gasteiger partial charge in [-0.3, -0.25) is 4.79 Å². The first-order chi connectivity index (χ1) is 8.79. The second kappa shape index (κ2) is 7.13. The number of nitrogens with zero attached hydrogens (tertiary/aromatic N) is 1. The van der Waals surface area contributed by atoms with Crippen LogP contribution in [0.15, 0.2) is 0 Å². The Bertz CT molecular complexity index is 261. The van der Waals surface area contributed by atoms with Crippen molar-refractivity contribution in [3.05, 3.63) is 0 Å². The van der Waals surface area contributed by atoms with Gasteiger partial charge in [0.15, 0.2) is 0 Å². The molecule has 0 aromatic rings. The van der Waals surface area contributed by atoms with Gasteiger partial charge >= 0.3 is 0 Å². The van der Waals surface area contributed by atoms with Gasteiger partial charge in [-0.15, -0.1) is 0 Å². The molecule has 0 spiro atoms. The molecule has 1 saturated heterocycles. The van der Waals surface area contributed by atoms with E-state index < -0.39 is 0 Å². The quantitative estimate of drug-likeness (QED) is 0.834. The van der Waals surface area contributed by atoms with Gasteiger partial charge in [0.1, 0.15) is 0 Å². The van der Waals surface area contributed by atoms with Crippen LogP contribution in [0.1, 0.15) is 64.7 Å². The van der Waals surface area contributed by atoms with Gasteiger partial charge in [0.25, 0.3) is 0 Å². The van der Waals surface area contributed by atoms with Crippen LogP contribution >= 0.6 is 0 Å². The molecule has 0 aromatic carbocycles. The van der Waals surface area contributed by atoms with Gasteiger partial charge in [-0.2, -0.15) is 0 Å². The Morgan fingerprint density at radius 1 is 1.11 bits per heavy atom. The van der Waals surface area contributed by atoms with E-state index in [1.165, 1.54) is 44.9 Å². The Kier molecular flexibility index (Phi) is 5.48. The van der Waals surface area contributed by atoms with Crippen LogP contribution in [0.2, 0.25) is 0 Å². The van der Waals surface area contributed by atoms with Crippen molar-refractivity contribution in [1.82, 2.24) is 10.2 Å². The largest absolute Gasteiger partial charge is 0.341 e. The van der Waals surface area contributed by atoms with Gasteiger partial charge in [0.2, 0.25) is 5.91 Å². The Morgan fingerprint density at radius 2 is 1.83 bits per heavy atom. The smallest absolute Gasteiger partial charge is 0.222 e. The molecule has 18 heavy (non-hydrogen) atoms. The van der Waals surface area contributed by atoms with E-state index in [4.69, 9.17) is 0 Å². The number of hydrogen-bond donors (Lipinski definition) is 1. The summed E-state index contributed by atoms with van der Waals surface area (Å²) in [5.74, 6) is 0.354. The van der Waals surface area contributed by atoms with E-state index in [0.717, 1.165) is 25.9 Å². The molecule has 104 valence electrons. The molecule has 1 amide bonds. The van der Waals surface area contributed by atoms with E-state index in [9.17, 15) is 4.79 Å². The zero-order valence-electron chi connectivity index (χ0n) is 11.8. The van der Waals surface area contributed by atoms with Crippen LogP contribution < -0.4 is 5.32 Å². The van der Waals surface area contributed by atoms with Crippen molar-refractivity contribution in [3.8, 4) is 0 Å². The summed E-state index contributed by atoms with van der Waals surface area (Å²) in [4.78, 5) is 14.0. The molecule has 0 aromatic heterocycles. The fourth-order valence-corrected chi connectivity index (χ4v) is 3.31. The lowest BCUT2D eigenvalue weighted by Crippen LogP contribution is -2.51. The molecule has 1 aliphatic carbocycles. The van der Waals surface area contributed by atoms with Crippen LogP contribution in [0.25, 0.3) is 0 Å². The number of amides is 1. The van der Waals surface area contributed by atoms with Crippen LogP contribution in [0.5, 0.6) is 0 Å². The van der Waals surface area contributed by atoms with E-state index in [0.29, 0.717) is 18.0 Å². The summed E-state index contributed by atoms with van der Waals surface area (Å²) in [5.41, 5.74) is 0. The van der Waals surface area contributed by atoms with Gasteiger partial charge in [-0.05, 0) is 32.1 Å². The normalized spacial score (nSPS) is 26.3. The van der Waals surface area contributed by atoms with Crippen LogP contribution in [0.3, 0.4) is 0 Å². The van der Waals surface area contributed by atoms with Crippen LogP contribution in [0.4, 0.5) is 0 Å². The topological polar surface area (TPSA) is 32.3 Å². The van der Waals surface area contributed by atoms with Gasteiger partial charge in [-0.1, -0.05) is 26.2 Å². The zero-order valence-corrected chi connectivity index (χ0v) is 11.8. The van der Waals surface area contributed by atoms with Crippen molar-refractivity contribution in [2.45, 2.75) is 76.8 Å². The number of piperidine rings is 1. The van der Waals surface area contributed by atoms with Crippen LogP contribution in [-0.4, -0.2) is 36.0 Å². The van der Waals surface area contributed by atoms with E-state index >= 15 is 0 Å². The van der Waals surface area contributed by atoms with E-state index in [1.807, 2.05) is 0 Å². The standard InChI is InChI=1S/C15H28N2O/c1-2-7-15(18)17-11-6-10-14(12-17)16-13-8-4-3-5-9-13/h13-14,16H,2-12H2,1H3. The number of hydrogen-bond acceptors (Lipinski definition) is 2. The van der Waals surface area contributed by atoms with Crippen LogP contribution in [-0.2, 0) is 4.79 Å². The minimum Gasteiger partial charge on any atom is -0.341 e. The van der Waals surface area contributed by atoms with Crippen molar-refractivity contribution in [2.24, 2.45) is 0 Å². The van der Waals surface area contributed by atoms with Crippen LogP contribution in [0, 0.1) is 0 Å². The molecule has 2 aliphatic rings. The summed E-state index contributed by atoms with van der Waals surface area (Å²) in [5, 5.41) is 3.79. The van der Waals surface area contributed by atoms with Crippen molar-refractivity contribution < 1.29 is 4.79 Å². The van der Waals surface area contributed by atoms with Crippen molar-refractivity contribution in [3.63, 3.8) is 0 Å². The maximum Gasteiger partial charge on any atom is 0.222 e. The highest BCUT2D eigenvalue weighted by molar-refractivity contribution is 5.76. The van der Waals surface area contributed by atoms with E-state index in [1.54, 1.807) is 0 Å². The zero-order chi connectivity index (χ0) is 12.8. The maximum absolute atomic E-state index is 11.9. The highest BCUT2D eigenvalue weighted by Crippen LogP contribution is 2.20. The summed E-state index contributed by atoms with van der Waals surface area (Å²) in [7, 11) is 0. The number of likely N-dealkylation sites (tertiary alicyclic amines) is 1. The average Bonchev–Trinajstić information content (AvgIpc) is 2.40. The first-order valence-electron chi connectivity index (χ1n) is 7.83. The minimum atomic E-state index is 0.354. The molecular formula is C15H28N2O. The second-order valence-corrected chi connectivity index (χ2v) is 5.93. The van der Waals surface area contributed by atoms with E-state index in [-0.39, 0.29) is 0 Å². The highest BCUT2D eigenvalue weighted by Gasteiger charge is 2.25. The molecule has 3 heteroatoms. The molecule has 1 saturated carbocycles. The Hall–Kier alpha value is -0.570.